The molecule has 0 unspecified atom stereocenters. The fraction of sp³-hybridized carbons (Fsp3) is 0.875. The van der Waals surface area contributed by atoms with Gasteiger partial charge in [-0.3, -0.25) is 4.79 Å². The van der Waals surface area contributed by atoms with Crippen LogP contribution in [0.25, 0.3) is 0 Å². The minimum Gasteiger partial charge on any atom is -0.465 e. The lowest BCUT2D eigenvalue weighted by molar-refractivity contribution is -0.143. The number of nitrogens with one attached hydrogen (secondary N) is 1. The zero-order valence-corrected chi connectivity index (χ0v) is 7.73. The maximum absolute atomic E-state index is 10.5. The van der Waals surface area contributed by atoms with Crippen LogP contribution in [-0.2, 0) is 9.53 Å². The van der Waals surface area contributed by atoms with Gasteiger partial charge in [-0.2, -0.15) is 0 Å². The van der Waals surface area contributed by atoms with Crippen LogP contribution >= 0.6 is 0 Å². The van der Waals surface area contributed by atoms with Crippen molar-refractivity contribution in [1.82, 2.24) is 5.32 Å². The smallest absolute Gasteiger partial charge is 0.302 e. The molecule has 1 N–H and O–H groups in total. The molecule has 0 rings (SSSR count). The molecule has 0 fully saturated rings. The van der Waals surface area contributed by atoms with Gasteiger partial charge < -0.3 is 10.1 Å². The van der Waals surface area contributed by atoms with Crippen LogP contribution in [0.3, 0.4) is 0 Å². The first kappa shape index (κ1) is 10.4. The summed E-state index contributed by atoms with van der Waals surface area (Å²) in [6.45, 7) is 6.85. The van der Waals surface area contributed by atoms with Crippen LogP contribution in [0.1, 0.15) is 20.8 Å². The van der Waals surface area contributed by atoms with Gasteiger partial charge in [0.25, 0.3) is 0 Å². The Hall–Kier alpha value is -0.570. The van der Waals surface area contributed by atoms with E-state index in [-0.39, 0.29) is 11.4 Å². The molecule has 0 amide bonds. The SMILES string of the molecule is CNCC(C)(C)COC(C)=O. The van der Waals surface area contributed by atoms with Gasteiger partial charge in [0.05, 0.1) is 6.61 Å². The molecule has 0 aliphatic carbocycles. The average Bonchev–Trinajstić information content (AvgIpc) is 1.84. The predicted octanol–water partition coefficient (Wildman–Crippen LogP) is 0.795. The standard InChI is InChI=1S/C8H17NO2/c1-7(10)11-6-8(2,3)5-9-4/h9H,5-6H2,1-4H3. The van der Waals surface area contributed by atoms with Gasteiger partial charge >= 0.3 is 5.97 Å². The molecule has 0 atom stereocenters. The second-order valence-electron chi connectivity index (χ2n) is 3.47. The van der Waals surface area contributed by atoms with E-state index in [0.717, 1.165) is 6.54 Å². The second-order valence-corrected chi connectivity index (χ2v) is 3.47. The van der Waals surface area contributed by atoms with Gasteiger partial charge in [0.2, 0.25) is 0 Å². The summed E-state index contributed by atoms with van der Waals surface area (Å²) in [5, 5.41) is 3.04. The van der Waals surface area contributed by atoms with Crippen molar-refractivity contribution in [1.29, 1.82) is 0 Å². The Bertz CT molecular complexity index is 132. The van der Waals surface area contributed by atoms with Crippen LogP contribution in [0.15, 0.2) is 0 Å². The molecule has 0 aliphatic rings. The van der Waals surface area contributed by atoms with Gasteiger partial charge in [0.1, 0.15) is 0 Å². The van der Waals surface area contributed by atoms with Crippen molar-refractivity contribution in [3.05, 3.63) is 0 Å². The van der Waals surface area contributed by atoms with Crippen molar-refractivity contribution in [2.45, 2.75) is 20.8 Å². The van der Waals surface area contributed by atoms with Crippen molar-refractivity contribution in [2.75, 3.05) is 20.2 Å². The molecule has 0 spiro atoms. The summed E-state index contributed by atoms with van der Waals surface area (Å²) in [4.78, 5) is 10.5. The van der Waals surface area contributed by atoms with E-state index in [0.29, 0.717) is 6.61 Å². The summed E-state index contributed by atoms with van der Waals surface area (Å²) in [6.07, 6.45) is 0. The largest absolute Gasteiger partial charge is 0.465 e. The molecule has 0 aromatic carbocycles. The van der Waals surface area contributed by atoms with Crippen LogP contribution in [0, 0.1) is 5.41 Å². The average molecular weight is 159 g/mol. The summed E-state index contributed by atoms with van der Waals surface area (Å²) >= 11 is 0. The Morgan fingerprint density at radius 2 is 2.09 bits per heavy atom. The molecule has 0 radical (unpaired) electrons. The molecule has 11 heavy (non-hydrogen) atoms. The van der Waals surface area contributed by atoms with E-state index < -0.39 is 0 Å². The van der Waals surface area contributed by atoms with E-state index in [1.54, 1.807) is 0 Å². The maximum atomic E-state index is 10.5. The summed E-state index contributed by atoms with van der Waals surface area (Å²) in [5.74, 6) is -0.214. The summed E-state index contributed by atoms with van der Waals surface area (Å²) < 4.78 is 4.88. The minimum absolute atomic E-state index is 0.0282. The first-order valence-corrected chi connectivity index (χ1v) is 3.76. The number of carbonyl (C=O) groups is 1. The van der Waals surface area contributed by atoms with Gasteiger partial charge in [-0.25, -0.2) is 0 Å². The van der Waals surface area contributed by atoms with Crippen molar-refractivity contribution < 1.29 is 9.53 Å². The minimum atomic E-state index is -0.214. The van der Waals surface area contributed by atoms with Crippen LogP contribution in [0.2, 0.25) is 0 Å². The van der Waals surface area contributed by atoms with E-state index in [1.165, 1.54) is 6.92 Å². The zero-order chi connectivity index (χ0) is 8.91. The molecule has 0 aromatic heterocycles. The van der Waals surface area contributed by atoms with Gasteiger partial charge in [-0.15, -0.1) is 0 Å². The highest BCUT2D eigenvalue weighted by Gasteiger charge is 2.17. The molecule has 0 aromatic rings. The highest BCUT2D eigenvalue weighted by molar-refractivity contribution is 5.65. The summed E-state index contributed by atoms with van der Waals surface area (Å²) in [5.41, 5.74) is 0.0282. The van der Waals surface area contributed by atoms with Crippen molar-refractivity contribution in [3.8, 4) is 0 Å². The lowest BCUT2D eigenvalue weighted by Gasteiger charge is -2.22. The molecule has 66 valence electrons. The molecule has 0 saturated carbocycles. The normalized spacial score (nSPS) is 11.3. The van der Waals surface area contributed by atoms with Crippen molar-refractivity contribution >= 4 is 5.97 Å². The van der Waals surface area contributed by atoms with Crippen LogP contribution < -0.4 is 5.32 Å². The van der Waals surface area contributed by atoms with E-state index in [1.807, 2.05) is 20.9 Å². The number of rotatable bonds is 4. The lowest BCUT2D eigenvalue weighted by atomic mass is 9.95. The zero-order valence-electron chi connectivity index (χ0n) is 7.73. The van der Waals surface area contributed by atoms with Gasteiger partial charge in [-0.05, 0) is 7.05 Å². The van der Waals surface area contributed by atoms with Gasteiger partial charge in [0.15, 0.2) is 0 Å². The predicted molar refractivity (Wildman–Crippen MR) is 44.3 cm³/mol. The Kier molecular flexibility index (Phi) is 4.11. The molecule has 0 bridgehead atoms. The molecule has 0 saturated heterocycles. The quantitative estimate of drug-likeness (QED) is 0.616. The number of hydrogen-bond donors (Lipinski definition) is 1. The lowest BCUT2D eigenvalue weighted by Crippen LogP contribution is -2.31. The van der Waals surface area contributed by atoms with E-state index in [2.05, 4.69) is 5.32 Å². The number of carbonyl (C=O) groups excluding carboxylic acids is 1. The Morgan fingerprint density at radius 3 is 2.45 bits per heavy atom. The monoisotopic (exact) mass is 159 g/mol. The fourth-order valence-electron chi connectivity index (χ4n) is 0.827. The van der Waals surface area contributed by atoms with Crippen molar-refractivity contribution in [2.24, 2.45) is 5.41 Å². The third-order valence-corrected chi connectivity index (χ3v) is 1.32. The van der Waals surface area contributed by atoms with Crippen LogP contribution in [0.5, 0.6) is 0 Å². The van der Waals surface area contributed by atoms with E-state index in [9.17, 15) is 4.79 Å². The number of esters is 1. The topological polar surface area (TPSA) is 38.3 Å². The molecule has 3 heteroatoms. The van der Waals surface area contributed by atoms with E-state index in [4.69, 9.17) is 4.74 Å². The highest BCUT2D eigenvalue weighted by Crippen LogP contribution is 2.13. The maximum Gasteiger partial charge on any atom is 0.302 e. The summed E-state index contributed by atoms with van der Waals surface area (Å²) in [7, 11) is 1.88. The second kappa shape index (κ2) is 4.34. The molecule has 0 aliphatic heterocycles. The number of ether oxygens (including phenoxy) is 1. The van der Waals surface area contributed by atoms with Crippen LogP contribution in [0.4, 0.5) is 0 Å². The molecule has 0 heterocycles. The Balaban J connectivity index is 3.63. The molecular weight excluding hydrogens is 142 g/mol. The third-order valence-electron chi connectivity index (χ3n) is 1.32. The van der Waals surface area contributed by atoms with Gasteiger partial charge in [-0.1, -0.05) is 13.8 Å². The summed E-state index contributed by atoms with van der Waals surface area (Å²) in [6, 6.07) is 0. The third kappa shape index (κ3) is 5.85. The number of hydrogen-bond acceptors (Lipinski definition) is 3. The molecular formula is C8H17NO2. The fourth-order valence-corrected chi connectivity index (χ4v) is 0.827. The first-order valence-electron chi connectivity index (χ1n) is 3.76. The Labute approximate surface area is 68.1 Å². The Morgan fingerprint density at radius 1 is 1.55 bits per heavy atom. The molecule has 3 nitrogen and oxygen atoms in total. The first-order chi connectivity index (χ1) is 4.98. The van der Waals surface area contributed by atoms with Gasteiger partial charge in [0, 0.05) is 18.9 Å². The van der Waals surface area contributed by atoms with E-state index >= 15 is 0 Å². The van der Waals surface area contributed by atoms with Crippen LogP contribution in [-0.4, -0.2) is 26.2 Å². The highest BCUT2D eigenvalue weighted by atomic mass is 16.5. The van der Waals surface area contributed by atoms with Crippen molar-refractivity contribution in [3.63, 3.8) is 0 Å².